The van der Waals surface area contributed by atoms with Gasteiger partial charge in [-0.3, -0.25) is 10.1 Å². The summed E-state index contributed by atoms with van der Waals surface area (Å²) in [7, 11) is 0. The van der Waals surface area contributed by atoms with Gasteiger partial charge in [-0.1, -0.05) is 23.2 Å². The molecule has 0 amide bonds. The molecule has 0 atom stereocenters. The van der Waals surface area contributed by atoms with Crippen LogP contribution in [0.2, 0.25) is 10.0 Å². The molecule has 2 aromatic heterocycles. The van der Waals surface area contributed by atoms with E-state index in [9.17, 15) is 10.1 Å². The summed E-state index contributed by atoms with van der Waals surface area (Å²) in [5.41, 5.74) is 8.96. The number of hydrogen-bond donors (Lipinski definition) is 4. The minimum atomic E-state index is -0.568. The molecule has 0 saturated heterocycles. The van der Waals surface area contributed by atoms with Crippen LogP contribution in [-0.2, 0) is 13.0 Å². The minimum absolute atomic E-state index is 0.135. The monoisotopic (exact) mass is 474 g/mol. The van der Waals surface area contributed by atoms with Gasteiger partial charge in [0.05, 0.1) is 21.3 Å². The third-order valence-corrected chi connectivity index (χ3v) is 5.48. The molecule has 5 N–H and O–H groups in total. The molecular weight excluding hydrogens is 455 g/mol. The quantitative estimate of drug-likeness (QED) is 0.229. The van der Waals surface area contributed by atoms with Crippen LogP contribution in [0.4, 0.5) is 23.3 Å². The highest BCUT2D eigenvalue weighted by molar-refractivity contribution is 6.36. The van der Waals surface area contributed by atoms with Crippen molar-refractivity contribution in [2.24, 2.45) is 0 Å². The summed E-state index contributed by atoms with van der Waals surface area (Å²) in [5.74, 6) is 0.801. The van der Waals surface area contributed by atoms with Crippen molar-refractivity contribution in [2.75, 3.05) is 36.0 Å². The van der Waals surface area contributed by atoms with Gasteiger partial charge in [0.25, 0.3) is 0 Å². The molecule has 0 radical (unpaired) electrons. The van der Waals surface area contributed by atoms with Gasteiger partial charge >= 0.3 is 5.69 Å². The van der Waals surface area contributed by atoms with E-state index in [0.717, 1.165) is 35.5 Å². The molecule has 3 heterocycles. The molecule has 1 aromatic carbocycles. The normalized spacial score (nSPS) is 12.8. The first-order valence-electron chi connectivity index (χ1n) is 9.87. The largest absolute Gasteiger partial charge is 0.378 e. The Labute approximate surface area is 193 Å². The summed E-state index contributed by atoms with van der Waals surface area (Å²) < 4.78 is 0. The van der Waals surface area contributed by atoms with Gasteiger partial charge in [0, 0.05) is 54.8 Å². The Morgan fingerprint density at radius 3 is 2.69 bits per heavy atom. The summed E-state index contributed by atoms with van der Waals surface area (Å²) >= 11 is 12.5. The van der Waals surface area contributed by atoms with Gasteiger partial charge in [0.1, 0.15) is 5.82 Å². The van der Waals surface area contributed by atoms with E-state index in [1.807, 2.05) is 6.07 Å². The Bertz CT molecular complexity index is 1170. The van der Waals surface area contributed by atoms with E-state index < -0.39 is 4.92 Å². The van der Waals surface area contributed by atoms with Gasteiger partial charge in [0.15, 0.2) is 0 Å². The number of fused-ring (bicyclic) bond motifs is 1. The van der Waals surface area contributed by atoms with Crippen molar-refractivity contribution in [2.45, 2.75) is 13.0 Å². The number of pyridine rings is 1. The maximum Gasteiger partial charge on any atom is 0.311 e. The molecule has 12 heteroatoms. The van der Waals surface area contributed by atoms with Crippen LogP contribution in [0.15, 0.2) is 30.3 Å². The molecule has 32 heavy (non-hydrogen) atoms. The second-order valence-corrected chi connectivity index (χ2v) is 7.93. The molecule has 0 saturated carbocycles. The average molecular weight is 475 g/mol. The van der Waals surface area contributed by atoms with Gasteiger partial charge in [-0.15, -0.1) is 0 Å². The van der Waals surface area contributed by atoms with Crippen LogP contribution in [0.3, 0.4) is 0 Å². The van der Waals surface area contributed by atoms with Crippen LogP contribution < -0.4 is 21.7 Å². The SMILES string of the molecule is Nc1nc(NCCNc2nc3c(c(-c4ccc(Cl)cc4Cl)n2)CNCC3)ccc1[N+](=O)[O-]. The van der Waals surface area contributed by atoms with Crippen molar-refractivity contribution in [1.29, 1.82) is 0 Å². The second-order valence-electron chi connectivity index (χ2n) is 7.08. The molecule has 4 rings (SSSR count). The number of rotatable bonds is 7. The van der Waals surface area contributed by atoms with Gasteiger partial charge in [-0.05, 0) is 24.3 Å². The second kappa shape index (κ2) is 9.51. The summed E-state index contributed by atoms with van der Waals surface area (Å²) in [6, 6.07) is 8.17. The lowest BCUT2D eigenvalue weighted by Crippen LogP contribution is -2.26. The highest BCUT2D eigenvalue weighted by Crippen LogP contribution is 2.33. The lowest BCUT2D eigenvalue weighted by atomic mass is 10.0. The third-order valence-electron chi connectivity index (χ3n) is 4.93. The minimum Gasteiger partial charge on any atom is -0.378 e. The van der Waals surface area contributed by atoms with Gasteiger partial charge in [-0.25, -0.2) is 15.0 Å². The third kappa shape index (κ3) is 4.82. The number of halogens is 2. The van der Waals surface area contributed by atoms with Crippen LogP contribution >= 0.6 is 23.2 Å². The fourth-order valence-corrected chi connectivity index (χ4v) is 3.91. The van der Waals surface area contributed by atoms with Crippen LogP contribution in [-0.4, -0.2) is 39.5 Å². The Balaban J connectivity index is 1.48. The first kappa shape index (κ1) is 22.0. The molecule has 3 aromatic rings. The number of nitrogens with two attached hydrogens (primary N) is 1. The molecule has 10 nitrogen and oxygen atoms in total. The van der Waals surface area contributed by atoms with E-state index in [1.54, 1.807) is 12.1 Å². The number of benzene rings is 1. The number of hydrogen-bond acceptors (Lipinski definition) is 9. The molecule has 0 spiro atoms. The Morgan fingerprint density at radius 2 is 1.94 bits per heavy atom. The first-order chi connectivity index (χ1) is 15.4. The fourth-order valence-electron chi connectivity index (χ4n) is 3.41. The molecule has 0 bridgehead atoms. The predicted molar refractivity (Wildman–Crippen MR) is 125 cm³/mol. The number of nitrogens with zero attached hydrogens (tertiary/aromatic N) is 4. The topological polar surface area (TPSA) is 144 Å². The molecule has 166 valence electrons. The number of nitrogens with one attached hydrogen (secondary N) is 3. The van der Waals surface area contributed by atoms with E-state index in [0.29, 0.717) is 41.4 Å². The number of nitrogen functional groups attached to an aromatic ring is 1. The van der Waals surface area contributed by atoms with Crippen LogP contribution in [0.1, 0.15) is 11.3 Å². The predicted octanol–water partition coefficient (Wildman–Crippen LogP) is 3.51. The zero-order valence-corrected chi connectivity index (χ0v) is 18.4. The first-order valence-corrected chi connectivity index (χ1v) is 10.6. The van der Waals surface area contributed by atoms with E-state index in [4.69, 9.17) is 33.9 Å². The summed E-state index contributed by atoms with van der Waals surface area (Å²) in [5, 5.41) is 21.6. The van der Waals surface area contributed by atoms with E-state index in [2.05, 4.69) is 25.9 Å². The average Bonchev–Trinajstić information content (AvgIpc) is 2.76. The van der Waals surface area contributed by atoms with Gasteiger partial charge in [0.2, 0.25) is 11.8 Å². The van der Waals surface area contributed by atoms with Crippen molar-refractivity contribution in [3.05, 3.63) is 61.7 Å². The van der Waals surface area contributed by atoms with Crippen molar-refractivity contribution in [3.63, 3.8) is 0 Å². The molecular formula is C20H20Cl2N8O2. The zero-order valence-electron chi connectivity index (χ0n) is 16.9. The van der Waals surface area contributed by atoms with Gasteiger partial charge in [-0.2, -0.15) is 0 Å². The number of anilines is 3. The number of nitro groups is 1. The molecule has 1 aliphatic heterocycles. The van der Waals surface area contributed by atoms with Crippen molar-refractivity contribution >= 4 is 46.5 Å². The van der Waals surface area contributed by atoms with Crippen molar-refractivity contribution in [3.8, 4) is 11.3 Å². The molecule has 0 aliphatic carbocycles. The molecule has 1 aliphatic rings. The molecule has 0 fully saturated rings. The van der Waals surface area contributed by atoms with Crippen molar-refractivity contribution in [1.82, 2.24) is 20.3 Å². The highest BCUT2D eigenvalue weighted by Gasteiger charge is 2.20. The van der Waals surface area contributed by atoms with Crippen LogP contribution in [0.25, 0.3) is 11.3 Å². The van der Waals surface area contributed by atoms with E-state index >= 15 is 0 Å². The van der Waals surface area contributed by atoms with Crippen LogP contribution in [0, 0.1) is 10.1 Å². The highest BCUT2D eigenvalue weighted by atomic mass is 35.5. The summed E-state index contributed by atoms with van der Waals surface area (Å²) in [6.07, 6.45) is 0.787. The maximum absolute atomic E-state index is 10.8. The maximum atomic E-state index is 10.8. The molecule has 0 unspecified atom stereocenters. The standard InChI is InChI=1S/C20H20Cl2N8O2/c21-11-1-2-12(14(22)9-11)18-13-10-24-6-5-15(13)27-20(29-18)26-8-7-25-17-4-3-16(30(31)32)19(23)28-17/h1-4,9,24H,5-8,10H2,(H3,23,25,28)(H,26,27,29). The lowest BCUT2D eigenvalue weighted by Gasteiger charge is -2.21. The van der Waals surface area contributed by atoms with Crippen LogP contribution in [0.5, 0.6) is 0 Å². The van der Waals surface area contributed by atoms with Crippen molar-refractivity contribution < 1.29 is 4.92 Å². The summed E-state index contributed by atoms with van der Waals surface area (Å²) in [6.45, 7) is 2.47. The van der Waals surface area contributed by atoms with E-state index in [1.165, 1.54) is 12.1 Å². The zero-order chi connectivity index (χ0) is 22.7. The Kier molecular flexibility index (Phi) is 6.54. The lowest BCUT2D eigenvalue weighted by molar-refractivity contribution is -0.384. The fraction of sp³-hybridized carbons (Fsp3) is 0.250. The smallest absolute Gasteiger partial charge is 0.311 e. The summed E-state index contributed by atoms with van der Waals surface area (Å²) in [4.78, 5) is 23.6. The Morgan fingerprint density at radius 1 is 1.12 bits per heavy atom. The van der Waals surface area contributed by atoms with Gasteiger partial charge < -0.3 is 21.7 Å². The van der Waals surface area contributed by atoms with E-state index in [-0.39, 0.29) is 11.5 Å². The number of aromatic nitrogens is 3. The Hall–Kier alpha value is -3.21.